The zero-order valence-electron chi connectivity index (χ0n) is 12.7. The fourth-order valence-electron chi connectivity index (χ4n) is 3.86. The van der Waals surface area contributed by atoms with Crippen LogP contribution in [0.25, 0.3) is 10.8 Å². The Morgan fingerprint density at radius 1 is 1.09 bits per heavy atom. The molecular formula is C19H21NO2. The normalized spacial score (nSPS) is 25.0. The average molecular weight is 295 g/mol. The molecule has 1 amide bonds. The van der Waals surface area contributed by atoms with E-state index >= 15 is 0 Å². The van der Waals surface area contributed by atoms with Crippen LogP contribution in [0.5, 0.6) is 0 Å². The molecule has 0 aliphatic carbocycles. The van der Waals surface area contributed by atoms with Crippen LogP contribution in [0.2, 0.25) is 0 Å². The quantitative estimate of drug-likeness (QED) is 0.848. The van der Waals surface area contributed by atoms with Crippen LogP contribution in [0.15, 0.2) is 42.5 Å². The average Bonchev–Trinajstić information content (AvgIpc) is 3.25. The van der Waals surface area contributed by atoms with Gasteiger partial charge in [0.05, 0.1) is 18.6 Å². The lowest BCUT2D eigenvalue weighted by Gasteiger charge is -2.28. The Hall–Kier alpha value is -1.87. The third-order valence-electron chi connectivity index (χ3n) is 5.00. The van der Waals surface area contributed by atoms with E-state index in [0.29, 0.717) is 6.61 Å². The van der Waals surface area contributed by atoms with Gasteiger partial charge in [0.15, 0.2) is 0 Å². The first-order valence-corrected chi connectivity index (χ1v) is 8.20. The third kappa shape index (κ3) is 2.30. The molecule has 2 aliphatic rings. The molecule has 0 unspecified atom stereocenters. The number of amides is 1. The molecule has 0 spiro atoms. The predicted octanol–water partition coefficient (Wildman–Crippen LogP) is 3.54. The minimum atomic E-state index is 0.0653. The Kier molecular flexibility index (Phi) is 3.59. The molecule has 2 fully saturated rings. The number of carbonyl (C=O) groups excluding carboxylic acids is 1. The van der Waals surface area contributed by atoms with Crippen LogP contribution in [-0.4, -0.2) is 30.6 Å². The van der Waals surface area contributed by atoms with Gasteiger partial charge in [-0.3, -0.25) is 4.79 Å². The predicted molar refractivity (Wildman–Crippen MR) is 86.6 cm³/mol. The van der Waals surface area contributed by atoms with Crippen LogP contribution in [0, 0.1) is 5.92 Å². The number of fused-ring (bicyclic) bond motifs is 1. The van der Waals surface area contributed by atoms with Crippen molar-refractivity contribution in [3.05, 3.63) is 48.0 Å². The van der Waals surface area contributed by atoms with E-state index in [1.54, 1.807) is 0 Å². The van der Waals surface area contributed by atoms with Crippen molar-refractivity contribution in [3.8, 4) is 0 Å². The number of nitrogens with zero attached hydrogens (tertiary/aromatic N) is 1. The van der Waals surface area contributed by atoms with Gasteiger partial charge in [0.1, 0.15) is 0 Å². The molecule has 0 N–H and O–H groups in total. The van der Waals surface area contributed by atoms with E-state index in [-0.39, 0.29) is 17.9 Å². The first kappa shape index (κ1) is 13.8. The molecule has 22 heavy (non-hydrogen) atoms. The summed E-state index contributed by atoms with van der Waals surface area (Å²) in [5, 5.41) is 2.53. The highest BCUT2D eigenvalue weighted by Gasteiger charge is 2.35. The van der Waals surface area contributed by atoms with Crippen molar-refractivity contribution in [3.63, 3.8) is 0 Å². The maximum Gasteiger partial charge on any atom is 0.228 e. The summed E-state index contributed by atoms with van der Waals surface area (Å²) in [6.07, 6.45) is 3.03. The monoisotopic (exact) mass is 295 g/mol. The molecule has 2 aromatic rings. The van der Waals surface area contributed by atoms with Gasteiger partial charge >= 0.3 is 0 Å². The fourth-order valence-corrected chi connectivity index (χ4v) is 3.86. The van der Waals surface area contributed by atoms with Gasteiger partial charge in [-0.1, -0.05) is 42.5 Å². The highest BCUT2D eigenvalue weighted by Crippen LogP contribution is 2.37. The molecule has 0 aromatic heterocycles. The lowest BCUT2D eigenvalue weighted by atomic mass is 9.96. The maximum absolute atomic E-state index is 12.8. The number of likely N-dealkylation sites (tertiary alicyclic amines) is 1. The number of rotatable bonds is 2. The van der Waals surface area contributed by atoms with Crippen molar-refractivity contribution in [1.29, 1.82) is 0 Å². The molecule has 2 saturated heterocycles. The third-order valence-corrected chi connectivity index (χ3v) is 5.00. The van der Waals surface area contributed by atoms with Gasteiger partial charge in [0, 0.05) is 13.2 Å². The lowest BCUT2D eigenvalue weighted by molar-refractivity contribution is -0.136. The number of hydrogen-bond acceptors (Lipinski definition) is 2. The van der Waals surface area contributed by atoms with Crippen LogP contribution in [0.1, 0.15) is 30.9 Å². The van der Waals surface area contributed by atoms with Crippen molar-refractivity contribution >= 4 is 16.7 Å². The second kappa shape index (κ2) is 5.73. The molecule has 0 radical (unpaired) electrons. The maximum atomic E-state index is 12.8. The van der Waals surface area contributed by atoms with Crippen LogP contribution in [0.4, 0.5) is 0 Å². The topological polar surface area (TPSA) is 29.5 Å². The molecule has 0 bridgehead atoms. The van der Waals surface area contributed by atoms with Crippen molar-refractivity contribution in [2.45, 2.75) is 25.3 Å². The molecule has 0 saturated carbocycles. The number of ether oxygens (including phenoxy) is 1. The standard InChI is InChI=1S/C19H21NO2/c21-19(15-10-12-22-13-15)20-11-4-9-18(20)17-8-3-6-14-5-1-2-7-16(14)17/h1-3,5-8,15,18H,4,9-13H2/t15-,18-/m1/s1. The lowest BCUT2D eigenvalue weighted by Crippen LogP contribution is -2.36. The minimum absolute atomic E-state index is 0.0653. The van der Waals surface area contributed by atoms with Gasteiger partial charge < -0.3 is 9.64 Å². The molecule has 114 valence electrons. The summed E-state index contributed by atoms with van der Waals surface area (Å²) in [7, 11) is 0. The molecule has 2 aliphatic heterocycles. The zero-order chi connectivity index (χ0) is 14.9. The van der Waals surface area contributed by atoms with E-state index in [4.69, 9.17) is 4.74 Å². The smallest absolute Gasteiger partial charge is 0.228 e. The van der Waals surface area contributed by atoms with Gasteiger partial charge in [-0.05, 0) is 35.6 Å². The molecule has 4 rings (SSSR count). The first-order valence-electron chi connectivity index (χ1n) is 8.20. The van der Waals surface area contributed by atoms with E-state index in [0.717, 1.165) is 32.4 Å². The highest BCUT2D eigenvalue weighted by molar-refractivity contribution is 5.87. The molecule has 3 heteroatoms. The Morgan fingerprint density at radius 2 is 1.95 bits per heavy atom. The molecule has 2 heterocycles. The number of benzene rings is 2. The fraction of sp³-hybridized carbons (Fsp3) is 0.421. The van der Waals surface area contributed by atoms with Gasteiger partial charge in [-0.15, -0.1) is 0 Å². The van der Waals surface area contributed by atoms with E-state index in [1.807, 2.05) is 0 Å². The summed E-state index contributed by atoms with van der Waals surface area (Å²) in [6.45, 7) is 2.20. The van der Waals surface area contributed by atoms with Crippen LogP contribution in [0.3, 0.4) is 0 Å². The largest absolute Gasteiger partial charge is 0.381 e. The van der Waals surface area contributed by atoms with Crippen molar-refractivity contribution in [2.75, 3.05) is 19.8 Å². The van der Waals surface area contributed by atoms with Crippen LogP contribution in [-0.2, 0) is 9.53 Å². The molecule has 3 nitrogen and oxygen atoms in total. The Morgan fingerprint density at radius 3 is 2.82 bits per heavy atom. The van der Waals surface area contributed by atoms with Crippen LogP contribution < -0.4 is 0 Å². The van der Waals surface area contributed by atoms with Crippen molar-refractivity contribution < 1.29 is 9.53 Å². The molecule has 2 aromatic carbocycles. The second-order valence-corrected chi connectivity index (χ2v) is 6.32. The zero-order valence-corrected chi connectivity index (χ0v) is 12.7. The van der Waals surface area contributed by atoms with Crippen LogP contribution >= 0.6 is 0 Å². The van der Waals surface area contributed by atoms with Gasteiger partial charge in [-0.2, -0.15) is 0 Å². The highest BCUT2D eigenvalue weighted by atomic mass is 16.5. The van der Waals surface area contributed by atoms with E-state index in [1.165, 1.54) is 16.3 Å². The van der Waals surface area contributed by atoms with E-state index < -0.39 is 0 Å². The van der Waals surface area contributed by atoms with E-state index in [2.05, 4.69) is 47.4 Å². The summed E-state index contributed by atoms with van der Waals surface area (Å²) in [5.74, 6) is 0.350. The summed E-state index contributed by atoms with van der Waals surface area (Å²) in [5.41, 5.74) is 1.29. The van der Waals surface area contributed by atoms with Crippen molar-refractivity contribution in [1.82, 2.24) is 4.90 Å². The summed E-state index contributed by atoms with van der Waals surface area (Å²) in [4.78, 5) is 14.9. The molecular weight excluding hydrogens is 274 g/mol. The number of hydrogen-bond donors (Lipinski definition) is 0. The molecule has 2 atom stereocenters. The summed E-state index contributed by atoms with van der Waals surface area (Å²) < 4.78 is 5.40. The van der Waals surface area contributed by atoms with Gasteiger partial charge in [0.25, 0.3) is 0 Å². The number of carbonyl (C=O) groups is 1. The first-order chi connectivity index (χ1) is 10.8. The minimum Gasteiger partial charge on any atom is -0.381 e. The Balaban J connectivity index is 1.69. The van der Waals surface area contributed by atoms with Gasteiger partial charge in [-0.25, -0.2) is 0 Å². The second-order valence-electron chi connectivity index (χ2n) is 6.32. The Bertz CT molecular complexity index is 685. The summed E-state index contributed by atoms with van der Waals surface area (Å²) >= 11 is 0. The van der Waals surface area contributed by atoms with Crippen molar-refractivity contribution in [2.24, 2.45) is 5.92 Å². The van der Waals surface area contributed by atoms with Gasteiger partial charge in [0.2, 0.25) is 5.91 Å². The summed E-state index contributed by atoms with van der Waals surface area (Å²) in [6, 6.07) is 15.1. The van der Waals surface area contributed by atoms with E-state index in [9.17, 15) is 4.79 Å². The Labute approximate surface area is 130 Å². The SMILES string of the molecule is O=C([C@@H]1CCOC1)N1CCC[C@@H]1c1cccc2ccccc12.